The van der Waals surface area contributed by atoms with Crippen molar-refractivity contribution in [3.63, 3.8) is 0 Å². The van der Waals surface area contributed by atoms with Gasteiger partial charge in [-0.1, -0.05) is 11.6 Å². The van der Waals surface area contributed by atoms with Gasteiger partial charge in [0.15, 0.2) is 0 Å². The maximum Gasteiger partial charge on any atom is 0.0741 e. The number of halogens is 2. The van der Waals surface area contributed by atoms with Crippen molar-refractivity contribution in [2.24, 2.45) is 5.84 Å². The van der Waals surface area contributed by atoms with E-state index in [0.717, 1.165) is 22.3 Å². The summed E-state index contributed by atoms with van der Waals surface area (Å²) in [4.78, 5) is 4.37. The smallest absolute Gasteiger partial charge is 0.0741 e. The number of anilines is 1. The van der Waals surface area contributed by atoms with Crippen LogP contribution in [-0.2, 0) is 0 Å². The Hall–Kier alpha value is -1.03. The van der Waals surface area contributed by atoms with Crippen molar-refractivity contribution in [3.8, 4) is 0 Å². The average Bonchev–Trinajstić information content (AvgIpc) is 2.15. The van der Waals surface area contributed by atoms with Crippen LogP contribution in [0.2, 0.25) is 5.02 Å². The van der Waals surface area contributed by atoms with Gasteiger partial charge in [0.05, 0.1) is 11.2 Å². The largest absolute Gasteiger partial charge is 0.323 e. The molecule has 3 nitrogen and oxygen atoms in total. The third-order valence-corrected chi connectivity index (χ3v) is 2.29. The van der Waals surface area contributed by atoms with E-state index in [-0.39, 0.29) is 12.4 Å². The first-order valence-electron chi connectivity index (χ1n) is 4.24. The number of hydrazine groups is 1. The zero-order valence-corrected chi connectivity index (χ0v) is 9.69. The molecule has 0 atom stereocenters. The van der Waals surface area contributed by atoms with E-state index < -0.39 is 0 Å². The minimum absolute atomic E-state index is 0. The molecule has 0 radical (unpaired) electrons. The number of hydrogen-bond acceptors (Lipinski definition) is 3. The van der Waals surface area contributed by atoms with Crippen molar-refractivity contribution in [2.75, 3.05) is 5.43 Å². The normalized spacial score (nSPS) is 9.80. The van der Waals surface area contributed by atoms with Gasteiger partial charge in [0.1, 0.15) is 0 Å². The van der Waals surface area contributed by atoms with E-state index >= 15 is 0 Å². The highest BCUT2D eigenvalue weighted by Gasteiger charge is 2.02. The number of rotatable bonds is 1. The second-order valence-electron chi connectivity index (χ2n) is 3.12. The topological polar surface area (TPSA) is 50.9 Å². The van der Waals surface area contributed by atoms with Gasteiger partial charge in [-0.2, -0.15) is 0 Å². The second-order valence-corrected chi connectivity index (χ2v) is 3.55. The quantitative estimate of drug-likeness (QED) is 0.599. The zero-order valence-electron chi connectivity index (χ0n) is 8.12. The van der Waals surface area contributed by atoms with E-state index in [4.69, 9.17) is 17.4 Å². The summed E-state index contributed by atoms with van der Waals surface area (Å²) in [5.41, 5.74) is 5.27. The summed E-state index contributed by atoms with van der Waals surface area (Å²) in [6, 6.07) is 7.45. The Kier molecular flexibility index (Phi) is 3.74. The van der Waals surface area contributed by atoms with Crippen LogP contribution in [0.25, 0.3) is 10.9 Å². The molecule has 3 N–H and O–H groups in total. The fourth-order valence-electron chi connectivity index (χ4n) is 1.45. The predicted molar refractivity (Wildman–Crippen MR) is 66.5 cm³/mol. The zero-order chi connectivity index (χ0) is 10.1. The third kappa shape index (κ3) is 2.31. The lowest BCUT2D eigenvalue weighted by molar-refractivity contribution is 1.24. The number of hydrogen-bond donors (Lipinski definition) is 2. The molecule has 5 heteroatoms. The van der Waals surface area contributed by atoms with Crippen LogP contribution in [0.5, 0.6) is 0 Å². The molecule has 2 rings (SSSR count). The molecule has 0 aliphatic heterocycles. The highest BCUT2D eigenvalue weighted by molar-refractivity contribution is 6.31. The number of nitrogens with two attached hydrogens (primary N) is 1. The van der Waals surface area contributed by atoms with Crippen LogP contribution in [0.3, 0.4) is 0 Å². The molecule has 0 saturated carbocycles. The van der Waals surface area contributed by atoms with E-state index in [0.29, 0.717) is 5.02 Å². The molecule has 0 saturated heterocycles. The lowest BCUT2D eigenvalue weighted by Crippen LogP contribution is -2.07. The van der Waals surface area contributed by atoms with Gasteiger partial charge in [0.25, 0.3) is 0 Å². The Morgan fingerprint density at radius 3 is 2.73 bits per heavy atom. The molecular weight excluding hydrogens is 233 g/mol. The number of benzene rings is 1. The highest BCUT2D eigenvalue weighted by Crippen LogP contribution is 2.24. The minimum Gasteiger partial charge on any atom is -0.323 e. The van der Waals surface area contributed by atoms with Crippen molar-refractivity contribution < 1.29 is 0 Å². The van der Waals surface area contributed by atoms with Gasteiger partial charge >= 0.3 is 0 Å². The number of fused-ring (bicyclic) bond motifs is 1. The Morgan fingerprint density at radius 1 is 1.33 bits per heavy atom. The second kappa shape index (κ2) is 4.66. The minimum atomic E-state index is 0. The van der Waals surface area contributed by atoms with Gasteiger partial charge in [0, 0.05) is 16.1 Å². The first-order chi connectivity index (χ1) is 6.70. The van der Waals surface area contributed by atoms with Gasteiger partial charge in [-0.15, -0.1) is 12.4 Å². The van der Waals surface area contributed by atoms with Crippen molar-refractivity contribution in [1.29, 1.82) is 0 Å². The summed E-state index contributed by atoms with van der Waals surface area (Å²) in [7, 11) is 0. The first-order valence-corrected chi connectivity index (χ1v) is 4.62. The molecule has 0 fully saturated rings. The molecule has 0 spiro atoms. The average molecular weight is 244 g/mol. The summed E-state index contributed by atoms with van der Waals surface area (Å²) in [5, 5.41) is 1.65. The van der Waals surface area contributed by atoms with E-state index in [9.17, 15) is 0 Å². The fourth-order valence-corrected chi connectivity index (χ4v) is 1.62. The number of nitrogens with one attached hydrogen (secondary N) is 1. The Morgan fingerprint density at radius 2 is 2.07 bits per heavy atom. The van der Waals surface area contributed by atoms with E-state index in [2.05, 4.69) is 10.4 Å². The molecule has 0 unspecified atom stereocenters. The fraction of sp³-hybridized carbons (Fsp3) is 0.100. The molecule has 15 heavy (non-hydrogen) atoms. The SMILES string of the molecule is Cc1cc(NN)c2ccc(Cl)cc2n1.Cl. The Labute approximate surface area is 99.0 Å². The monoisotopic (exact) mass is 243 g/mol. The van der Waals surface area contributed by atoms with Crippen molar-refractivity contribution in [3.05, 3.63) is 35.0 Å². The maximum absolute atomic E-state index is 5.87. The van der Waals surface area contributed by atoms with Crippen LogP contribution in [-0.4, -0.2) is 4.98 Å². The summed E-state index contributed by atoms with van der Waals surface area (Å²) in [5.74, 6) is 5.41. The summed E-state index contributed by atoms with van der Waals surface area (Å²) >= 11 is 5.87. The molecule has 80 valence electrons. The predicted octanol–water partition coefficient (Wildman–Crippen LogP) is 2.90. The molecule has 0 bridgehead atoms. The number of nitrogens with zero attached hydrogens (tertiary/aromatic N) is 1. The summed E-state index contributed by atoms with van der Waals surface area (Å²) < 4.78 is 0. The Bertz CT molecular complexity index is 480. The van der Waals surface area contributed by atoms with Gasteiger partial charge < -0.3 is 5.43 Å². The number of aromatic nitrogens is 1. The van der Waals surface area contributed by atoms with Crippen LogP contribution in [0.1, 0.15) is 5.69 Å². The van der Waals surface area contributed by atoms with E-state index in [1.54, 1.807) is 0 Å². The van der Waals surface area contributed by atoms with E-state index in [1.165, 1.54) is 0 Å². The maximum atomic E-state index is 5.87. The lowest BCUT2D eigenvalue weighted by atomic mass is 10.1. The molecule has 1 aromatic carbocycles. The molecule has 0 amide bonds. The summed E-state index contributed by atoms with van der Waals surface area (Å²) in [6.07, 6.45) is 0. The van der Waals surface area contributed by atoms with Gasteiger partial charge in [-0.05, 0) is 31.2 Å². The van der Waals surface area contributed by atoms with Gasteiger partial charge in [0.2, 0.25) is 0 Å². The van der Waals surface area contributed by atoms with Crippen molar-refractivity contribution in [2.45, 2.75) is 6.92 Å². The standard InChI is InChI=1S/C10H10ClN3.ClH/c1-6-4-10(14-12)8-3-2-7(11)5-9(8)13-6;/h2-5H,12H2,1H3,(H,13,14);1H. The first kappa shape index (κ1) is 12.0. The molecule has 1 heterocycles. The van der Waals surface area contributed by atoms with Crippen LogP contribution >= 0.6 is 24.0 Å². The molecule has 0 aliphatic rings. The summed E-state index contributed by atoms with van der Waals surface area (Å²) in [6.45, 7) is 1.92. The number of aryl methyl sites for hydroxylation is 1. The molecular formula is C10H11Cl2N3. The highest BCUT2D eigenvalue weighted by atomic mass is 35.5. The van der Waals surface area contributed by atoms with E-state index in [1.807, 2.05) is 31.2 Å². The molecule has 1 aromatic heterocycles. The lowest BCUT2D eigenvalue weighted by Gasteiger charge is -2.06. The van der Waals surface area contributed by atoms with Crippen LogP contribution in [0, 0.1) is 6.92 Å². The van der Waals surface area contributed by atoms with Crippen molar-refractivity contribution >= 4 is 40.6 Å². The Balaban J connectivity index is 0.00000112. The molecule has 0 aliphatic carbocycles. The van der Waals surface area contributed by atoms with Gasteiger partial charge in [-0.3, -0.25) is 10.8 Å². The van der Waals surface area contributed by atoms with Crippen LogP contribution < -0.4 is 11.3 Å². The number of pyridine rings is 1. The van der Waals surface area contributed by atoms with Crippen LogP contribution in [0.4, 0.5) is 5.69 Å². The third-order valence-electron chi connectivity index (χ3n) is 2.06. The van der Waals surface area contributed by atoms with Crippen LogP contribution in [0.15, 0.2) is 24.3 Å². The van der Waals surface area contributed by atoms with Gasteiger partial charge in [-0.25, -0.2) is 0 Å². The van der Waals surface area contributed by atoms with Crippen molar-refractivity contribution in [1.82, 2.24) is 4.98 Å². The number of nitrogen functional groups attached to an aromatic ring is 1. The molecule has 2 aromatic rings.